The first-order valence-electron chi connectivity index (χ1n) is 8.63. The van der Waals surface area contributed by atoms with Crippen molar-refractivity contribution in [3.8, 4) is 5.69 Å². The zero-order valence-corrected chi connectivity index (χ0v) is 16.2. The molecule has 0 saturated carbocycles. The zero-order chi connectivity index (χ0) is 19.9. The first-order valence-corrected chi connectivity index (χ1v) is 10.0. The van der Waals surface area contributed by atoms with Crippen LogP contribution in [0.15, 0.2) is 30.6 Å². The van der Waals surface area contributed by atoms with E-state index < -0.39 is 10.2 Å². The van der Waals surface area contributed by atoms with Crippen molar-refractivity contribution in [2.24, 2.45) is 0 Å². The maximum atomic E-state index is 13.2. The van der Waals surface area contributed by atoms with E-state index in [1.54, 1.807) is 12.1 Å². The minimum Gasteiger partial charge on any atom is -0.352 e. The molecule has 2 aromatic heterocycles. The molecule has 3 aromatic rings. The number of hydrogen-bond donors (Lipinski definition) is 0. The molecular formula is C16H19FN8O2S. The van der Waals surface area contributed by atoms with Crippen LogP contribution in [0.1, 0.15) is 0 Å². The number of rotatable bonds is 4. The van der Waals surface area contributed by atoms with Gasteiger partial charge in [0, 0.05) is 40.3 Å². The fourth-order valence-electron chi connectivity index (χ4n) is 3.09. The molecule has 0 unspecified atom stereocenters. The minimum atomic E-state index is -3.44. The fourth-order valence-corrected chi connectivity index (χ4v) is 4.17. The third kappa shape index (κ3) is 3.19. The van der Waals surface area contributed by atoms with Gasteiger partial charge in [-0.1, -0.05) is 5.21 Å². The molecular weight excluding hydrogens is 387 g/mol. The monoisotopic (exact) mass is 406 g/mol. The third-order valence-electron chi connectivity index (χ3n) is 4.62. The van der Waals surface area contributed by atoms with Gasteiger partial charge in [0.05, 0.1) is 5.69 Å². The maximum absolute atomic E-state index is 13.2. The molecule has 4 rings (SSSR count). The van der Waals surface area contributed by atoms with Crippen LogP contribution in [-0.4, -0.2) is 82.3 Å². The summed E-state index contributed by atoms with van der Waals surface area (Å²) in [7, 11) is -0.404. The Labute approximate surface area is 161 Å². The average molecular weight is 406 g/mol. The highest BCUT2D eigenvalue weighted by Gasteiger charge is 2.30. The van der Waals surface area contributed by atoms with Gasteiger partial charge in [0.25, 0.3) is 10.2 Å². The first-order chi connectivity index (χ1) is 13.4. The Kier molecular flexibility index (Phi) is 4.69. The highest BCUT2D eigenvalue weighted by Crippen LogP contribution is 2.24. The highest BCUT2D eigenvalue weighted by atomic mass is 32.2. The van der Waals surface area contributed by atoms with E-state index in [2.05, 4.69) is 20.3 Å². The van der Waals surface area contributed by atoms with Gasteiger partial charge in [-0.25, -0.2) is 14.4 Å². The van der Waals surface area contributed by atoms with Crippen molar-refractivity contribution in [3.63, 3.8) is 0 Å². The second-order valence-corrected chi connectivity index (χ2v) is 8.67. The zero-order valence-electron chi connectivity index (χ0n) is 15.4. The van der Waals surface area contributed by atoms with E-state index >= 15 is 0 Å². The molecule has 28 heavy (non-hydrogen) atoms. The van der Waals surface area contributed by atoms with Crippen molar-refractivity contribution in [2.45, 2.75) is 0 Å². The number of anilines is 1. The lowest BCUT2D eigenvalue weighted by atomic mass is 10.3. The lowest BCUT2D eigenvalue weighted by molar-refractivity contribution is 0.355. The molecule has 148 valence electrons. The summed E-state index contributed by atoms with van der Waals surface area (Å²) >= 11 is 0. The highest BCUT2D eigenvalue weighted by molar-refractivity contribution is 7.86. The van der Waals surface area contributed by atoms with Crippen molar-refractivity contribution in [1.29, 1.82) is 0 Å². The molecule has 0 radical (unpaired) electrons. The van der Waals surface area contributed by atoms with Gasteiger partial charge in [0.15, 0.2) is 17.0 Å². The third-order valence-corrected chi connectivity index (χ3v) is 6.56. The van der Waals surface area contributed by atoms with Crippen LogP contribution in [0.2, 0.25) is 0 Å². The largest absolute Gasteiger partial charge is 0.352 e. The summed E-state index contributed by atoms with van der Waals surface area (Å²) in [5.74, 6) is 0.259. The van der Waals surface area contributed by atoms with Gasteiger partial charge < -0.3 is 4.90 Å². The van der Waals surface area contributed by atoms with Crippen LogP contribution in [-0.2, 0) is 10.2 Å². The lowest BCUT2D eigenvalue weighted by Gasteiger charge is -2.35. The van der Waals surface area contributed by atoms with Gasteiger partial charge >= 0.3 is 0 Å². The van der Waals surface area contributed by atoms with E-state index in [4.69, 9.17) is 0 Å². The molecule has 0 aliphatic carbocycles. The van der Waals surface area contributed by atoms with Gasteiger partial charge in [-0.2, -0.15) is 21.7 Å². The Morgan fingerprint density at radius 1 is 1.04 bits per heavy atom. The van der Waals surface area contributed by atoms with E-state index in [1.807, 2.05) is 4.90 Å². The van der Waals surface area contributed by atoms with Crippen molar-refractivity contribution in [1.82, 2.24) is 33.6 Å². The average Bonchev–Trinajstić information content (AvgIpc) is 3.13. The molecule has 0 atom stereocenters. The quantitative estimate of drug-likeness (QED) is 0.613. The van der Waals surface area contributed by atoms with E-state index in [-0.39, 0.29) is 5.82 Å². The van der Waals surface area contributed by atoms with Crippen molar-refractivity contribution < 1.29 is 12.8 Å². The predicted octanol–water partition coefficient (Wildman–Crippen LogP) is 0.278. The normalized spacial score (nSPS) is 16.2. The lowest BCUT2D eigenvalue weighted by Crippen LogP contribution is -2.52. The van der Waals surface area contributed by atoms with Crippen LogP contribution < -0.4 is 4.90 Å². The Bertz CT molecular complexity index is 1090. The summed E-state index contributed by atoms with van der Waals surface area (Å²) < 4.78 is 41.9. The fraction of sp³-hybridized carbons (Fsp3) is 0.375. The van der Waals surface area contributed by atoms with Gasteiger partial charge in [0.1, 0.15) is 12.1 Å². The number of hydrogen-bond acceptors (Lipinski definition) is 7. The van der Waals surface area contributed by atoms with Crippen LogP contribution in [0.25, 0.3) is 16.9 Å². The summed E-state index contributed by atoms with van der Waals surface area (Å²) in [5, 5.41) is 8.33. The maximum Gasteiger partial charge on any atom is 0.281 e. The summed E-state index contributed by atoms with van der Waals surface area (Å²) in [6.45, 7) is 1.64. The van der Waals surface area contributed by atoms with Gasteiger partial charge in [-0.3, -0.25) is 0 Å². The molecule has 0 bridgehead atoms. The number of fused-ring (bicyclic) bond motifs is 1. The Hall–Kier alpha value is -2.70. The molecule has 0 spiro atoms. The number of nitrogens with zero attached hydrogens (tertiary/aromatic N) is 8. The smallest absolute Gasteiger partial charge is 0.281 e. The topological polar surface area (TPSA) is 100 Å². The number of aromatic nitrogens is 5. The molecule has 0 amide bonds. The molecule has 3 heterocycles. The first kappa shape index (κ1) is 18.7. The SMILES string of the molecule is CN(C)S(=O)(=O)N1CCN(c2ncnc3c2nnn3-c2ccc(F)cc2)CC1. The summed E-state index contributed by atoms with van der Waals surface area (Å²) in [5.41, 5.74) is 1.64. The molecule has 10 nitrogen and oxygen atoms in total. The van der Waals surface area contributed by atoms with E-state index in [0.717, 1.165) is 0 Å². The Morgan fingerprint density at radius 2 is 1.71 bits per heavy atom. The summed E-state index contributed by atoms with van der Waals surface area (Å²) in [6, 6.07) is 5.87. The Morgan fingerprint density at radius 3 is 2.36 bits per heavy atom. The van der Waals surface area contributed by atoms with E-state index in [1.165, 1.54) is 45.8 Å². The molecule has 1 aromatic carbocycles. The number of halogens is 1. The van der Waals surface area contributed by atoms with Gasteiger partial charge in [-0.15, -0.1) is 5.10 Å². The van der Waals surface area contributed by atoms with Crippen molar-refractivity contribution in [3.05, 3.63) is 36.4 Å². The number of piperazine rings is 1. The second-order valence-electron chi connectivity index (χ2n) is 6.52. The van der Waals surface area contributed by atoms with Crippen molar-refractivity contribution >= 4 is 27.2 Å². The molecule has 1 aliphatic heterocycles. The van der Waals surface area contributed by atoms with Crippen LogP contribution in [0.3, 0.4) is 0 Å². The van der Waals surface area contributed by atoms with E-state index in [9.17, 15) is 12.8 Å². The van der Waals surface area contributed by atoms with Crippen LogP contribution in [0.5, 0.6) is 0 Å². The summed E-state index contributed by atoms with van der Waals surface area (Å²) in [6.07, 6.45) is 1.42. The Balaban J connectivity index is 1.62. The number of benzene rings is 1. The van der Waals surface area contributed by atoms with Gasteiger partial charge in [-0.05, 0) is 24.3 Å². The summed E-state index contributed by atoms with van der Waals surface area (Å²) in [4.78, 5) is 10.6. The molecule has 0 N–H and O–H groups in total. The minimum absolute atomic E-state index is 0.339. The molecule has 12 heteroatoms. The second kappa shape index (κ2) is 7.04. The predicted molar refractivity (Wildman–Crippen MR) is 101 cm³/mol. The molecule has 1 saturated heterocycles. The molecule has 1 fully saturated rings. The van der Waals surface area contributed by atoms with E-state index in [0.29, 0.717) is 48.8 Å². The van der Waals surface area contributed by atoms with Crippen LogP contribution in [0, 0.1) is 5.82 Å². The van der Waals surface area contributed by atoms with Gasteiger partial charge in [0.2, 0.25) is 0 Å². The van der Waals surface area contributed by atoms with Crippen LogP contribution in [0.4, 0.5) is 10.2 Å². The van der Waals surface area contributed by atoms with Crippen LogP contribution >= 0.6 is 0 Å². The standard InChI is InChI=1S/C16H19FN8O2S/c1-22(2)28(26,27)24-9-7-23(8-10-24)15-14-16(19-11-18-15)25(21-20-14)13-5-3-12(17)4-6-13/h3-6,11H,7-10H2,1-2H3. The molecule has 1 aliphatic rings. The van der Waals surface area contributed by atoms with Crippen molar-refractivity contribution in [2.75, 3.05) is 45.2 Å².